The normalized spacial score (nSPS) is 8.92. The maximum atomic E-state index is 11.1. The predicted molar refractivity (Wildman–Crippen MR) is 45.1 cm³/mol. The molecule has 0 N–H and O–H groups in total. The van der Waals surface area contributed by atoms with Gasteiger partial charge in [0.2, 0.25) is 0 Å². The third-order valence-electron chi connectivity index (χ3n) is 1.26. The van der Waals surface area contributed by atoms with E-state index in [4.69, 9.17) is 16.9 Å². The van der Waals surface area contributed by atoms with Gasteiger partial charge in [0.25, 0.3) is 0 Å². The smallest absolute Gasteiger partial charge is 0.342 e. The average Bonchev–Trinajstić information content (AvgIpc) is 2.15. The molecule has 0 aliphatic heterocycles. The van der Waals surface area contributed by atoms with Crippen molar-refractivity contribution in [1.82, 2.24) is 4.98 Å². The Morgan fingerprint density at radius 1 is 1.77 bits per heavy atom. The van der Waals surface area contributed by atoms with Crippen LogP contribution in [0.1, 0.15) is 10.4 Å². The highest BCUT2D eigenvalue weighted by atomic mass is 35.5. The Kier molecular flexibility index (Phi) is 3.23. The molecular weight excluding hydrogens is 192 g/mol. The summed E-state index contributed by atoms with van der Waals surface area (Å²) in [6, 6.07) is 3.16. The molecule has 5 heteroatoms. The first-order valence-corrected chi connectivity index (χ1v) is 3.77. The number of aromatic nitrogens is 1. The fraction of sp³-hybridized carbons (Fsp3) is 0.125. The molecule has 4 nitrogen and oxygen atoms in total. The summed E-state index contributed by atoms with van der Waals surface area (Å²) in [6.45, 7) is -0.288. The summed E-state index contributed by atoms with van der Waals surface area (Å²) in [5.74, 6) is -0.639. The van der Waals surface area contributed by atoms with Gasteiger partial charge in [0.1, 0.15) is 6.07 Å². The lowest BCUT2D eigenvalue weighted by Crippen LogP contribution is -2.06. The van der Waals surface area contributed by atoms with E-state index in [0.29, 0.717) is 0 Å². The van der Waals surface area contributed by atoms with Crippen molar-refractivity contribution in [3.63, 3.8) is 0 Å². The van der Waals surface area contributed by atoms with Crippen molar-refractivity contribution in [1.29, 1.82) is 5.26 Å². The second-order valence-corrected chi connectivity index (χ2v) is 2.50. The molecule has 0 fully saturated rings. The van der Waals surface area contributed by atoms with Crippen LogP contribution in [0.4, 0.5) is 0 Å². The third kappa shape index (κ3) is 2.42. The molecule has 0 saturated heterocycles. The minimum atomic E-state index is -0.639. The van der Waals surface area contributed by atoms with E-state index in [2.05, 4.69) is 9.72 Å². The second-order valence-electron chi connectivity index (χ2n) is 2.09. The minimum Gasteiger partial charge on any atom is -0.447 e. The topological polar surface area (TPSA) is 63.0 Å². The van der Waals surface area contributed by atoms with Gasteiger partial charge in [0, 0.05) is 12.4 Å². The van der Waals surface area contributed by atoms with E-state index in [1.54, 1.807) is 6.07 Å². The number of carbonyl (C=O) groups is 1. The van der Waals surface area contributed by atoms with Gasteiger partial charge in [-0.1, -0.05) is 11.6 Å². The van der Waals surface area contributed by atoms with Gasteiger partial charge < -0.3 is 4.74 Å². The van der Waals surface area contributed by atoms with Gasteiger partial charge in [-0.15, -0.1) is 0 Å². The molecule has 0 atom stereocenters. The first-order valence-electron chi connectivity index (χ1n) is 3.39. The molecule has 1 aromatic heterocycles. The lowest BCUT2D eigenvalue weighted by molar-refractivity contribution is 0.0554. The van der Waals surface area contributed by atoms with Crippen LogP contribution in [0.25, 0.3) is 0 Å². The molecule has 0 saturated carbocycles. The number of rotatable bonds is 2. The van der Waals surface area contributed by atoms with Crippen LogP contribution in [0.5, 0.6) is 0 Å². The van der Waals surface area contributed by atoms with Crippen molar-refractivity contribution < 1.29 is 9.53 Å². The molecule has 0 bridgehead atoms. The number of ether oxygens (including phenoxy) is 1. The van der Waals surface area contributed by atoms with E-state index in [9.17, 15) is 4.79 Å². The third-order valence-corrected chi connectivity index (χ3v) is 1.59. The zero-order valence-corrected chi connectivity index (χ0v) is 7.28. The zero-order chi connectivity index (χ0) is 9.68. The molecule has 1 aromatic rings. The van der Waals surface area contributed by atoms with Crippen LogP contribution in [0.3, 0.4) is 0 Å². The van der Waals surface area contributed by atoms with Gasteiger partial charge in [-0.2, -0.15) is 5.26 Å². The fourth-order valence-corrected chi connectivity index (χ4v) is 0.886. The Hall–Kier alpha value is -1.60. The van der Waals surface area contributed by atoms with Gasteiger partial charge in [-0.25, -0.2) is 4.79 Å². The number of hydrogen-bond acceptors (Lipinski definition) is 4. The van der Waals surface area contributed by atoms with Gasteiger partial charge in [0.15, 0.2) is 6.61 Å². The first-order chi connectivity index (χ1) is 6.25. The highest BCUT2D eigenvalue weighted by Gasteiger charge is 2.10. The van der Waals surface area contributed by atoms with Gasteiger partial charge in [0.05, 0.1) is 10.6 Å². The number of esters is 1. The number of pyridine rings is 1. The van der Waals surface area contributed by atoms with E-state index in [0.717, 1.165) is 0 Å². The summed E-state index contributed by atoms with van der Waals surface area (Å²) in [5, 5.41) is 8.42. The van der Waals surface area contributed by atoms with Crippen molar-refractivity contribution in [2.75, 3.05) is 6.61 Å². The summed E-state index contributed by atoms with van der Waals surface area (Å²) in [4.78, 5) is 14.8. The molecular formula is C8H5ClN2O2. The maximum absolute atomic E-state index is 11.1. The van der Waals surface area contributed by atoms with Crippen LogP contribution in [-0.2, 0) is 4.74 Å². The molecule has 0 aliphatic rings. The Morgan fingerprint density at radius 2 is 2.54 bits per heavy atom. The molecule has 1 rings (SSSR count). The van der Waals surface area contributed by atoms with Gasteiger partial charge in [-0.05, 0) is 6.07 Å². The van der Waals surface area contributed by atoms with Crippen molar-refractivity contribution in [2.24, 2.45) is 0 Å². The van der Waals surface area contributed by atoms with Crippen molar-refractivity contribution in [2.45, 2.75) is 0 Å². The van der Waals surface area contributed by atoms with Crippen molar-refractivity contribution in [3.05, 3.63) is 29.0 Å². The molecule has 0 aromatic carbocycles. The maximum Gasteiger partial charge on any atom is 0.342 e. The number of halogens is 1. The van der Waals surface area contributed by atoms with Gasteiger partial charge in [-0.3, -0.25) is 4.98 Å². The highest BCUT2D eigenvalue weighted by Crippen LogP contribution is 2.14. The number of nitrogens with zero attached hydrogens (tertiary/aromatic N) is 2. The quantitative estimate of drug-likeness (QED) is 0.671. The molecule has 0 unspecified atom stereocenters. The van der Waals surface area contributed by atoms with Crippen LogP contribution in [0.2, 0.25) is 5.02 Å². The molecule has 0 radical (unpaired) electrons. The molecule has 0 aliphatic carbocycles. The van der Waals surface area contributed by atoms with E-state index in [-0.39, 0.29) is 17.2 Å². The summed E-state index contributed by atoms with van der Waals surface area (Å²) >= 11 is 5.67. The molecule has 66 valence electrons. The second kappa shape index (κ2) is 4.43. The monoisotopic (exact) mass is 196 g/mol. The first kappa shape index (κ1) is 9.49. The lowest BCUT2D eigenvalue weighted by atomic mass is 10.3. The number of hydrogen-bond donors (Lipinski definition) is 0. The number of nitriles is 1. The van der Waals surface area contributed by atoms with Crippen LogP contribution in [-0.4, -0.2) is 17.6 Å². The molecule has 0 spiro atoms. The van der Waals surface area contributed by atoms with Crippen LogP contribution >= 0.6 is 11.6 Å². The van der Waals surface area contributed by atoms with E-state index in [1.807, 2.05) is 0 Å². The lowest BCUT2D eigenvalue weighted by Gasteiger charge is -2.00. The Balaban J connectivity index is 2.78. The van der Waals surface area contributed by atoms with Crippen LogP contribution in [0.15, 0.2) is 18.5 Å². The summed E-state index contributed by atoms with van der Waals surface area (Å²) < 4.78 is 4.53. The van der Waals surface area contributed by atoms with Crippen LogP contribution in [0, 0.1) is 11.3 Å². The largest absolute Gasteiger partial charge is 0.447 e. The van der Waals surface area contributed by atoms with Crippen molar-refractivity contribution in [3.8, 4) is 6.07 Å². The highest BCUT2D eigenvalue weighted by molar-refractivity contribution is 6.33. The summed E-state index contributed by atoms with van der Waals surface area (Å²) in [6.07, 6.45) is 2.76. The molecule has 0 amide bonds. The summed E-state index contributed by atoms with van der Waals surface area (Å²) in [7, 11) is 0. The Labute approximate surface area is 79.7 Å². The SMILES string of the molecule is N#CCOC(=O)c1cnccc1Cl. The Bertz CT molecular complexity index is 359. The van der Waals surface area contributed by atoms with E-state index >= 15 is 0 Å². The van der Waals surface area contributed by atoms with Crippen molar-refractivity contribution >= 4 is 17.6 Å². The molecule has 1 heterocycles. The van der Waals surface area contributed by atoms with Crippen LogP contribution < -0.4 is 0 Å². The molecule has 13 heavy (non-hydrogen) atoms. The van der Waals surface area contributed by atoms with E-state index in [1.165, 1.54) is 18.5 Å². The fourth-order valence-electron chi connectivity index (χ4n) is 0.703. The zero-order valence-electron chi connectivity index (χ0n) is 6.53. The number of carbonyl (C=O) groups excluding carboxylic acids is 1. The Morgan fingerprint density at radius 3 is 3.15 bits per heavy atom. The van der Waals surface area contributed by atoms with E-state index < -0.39 is 5.97 Å². The minimum absolute atomic E-state index is 0.166. The predicted octanol–water partition coefficient (Wildman–Crippen LogP) is 1.42. The van der Waals surface area contributed by atoms with Gasteiger partial charge >= 0.3 is 5.97 Å². The standard InChI is InChI=1S/C8H5ClN2O2/c9-7-1-3-11-5-6(7)8(12)13-4-2-10/h1,3,5H,4H2. The summed E-state index contributed by atoms with van der Waals surface area (Å²) in [5.41, 5.74) is 0.166. The average molecular weight is 197 g/mol.